The lowest BCUT2D eigenvalue weighted by Gasteiger charge is -2.36. The molecule has 0 aromatic heterocycles. The van der Waals surface area contributed by atoms with Gasteiger partial charge in [-0.25, -0.2) is 0 Å². The second kappa shape index (κ2) is 6.57. The normalized spacial score (nSPS) is 28.1. The predicted molar refractivity (Wildman–Crippen MR) is 90.4 cm³/mol. The van der Waals surface area contributed by atoms with Gasteiger partial charge in [0.25, 0.3) is 5.91 Å². The number of ether oxygens (including phenoxy) is 2. The molecule has 3 aliphatic heterocycles. The Kier molecular flexibility index (Phi) is 4.48. The number of amides is 1. The quantitative estimate of drug-likeness (QED) is 0.778. The zero-order chi connectivity index (χ0) is 15.7. The number of carbonyl (C=O) groups is 1. The fourth-order valence-electron chi connectivity index (χ4n) is 3.96. The van der Waals surface area contributed by atoms with Gasteiger partial charge in [0, 0.05) is 43.6 Å². The molecule has 0 unspecified atom stereocenters. The van der Waals surface area contributed by atoms with Crippen LogP contribution in [-0.4, -0.2) is 54.4 Å². The standard InChI is InChI=1S/C17H24N2O3S/c20-16(19-7-1-2-8-19)15-11-18-14(12-23-15)13-3-5-17(6-4-13)21-9-10-22-17/h11,13H,1-10,12H2. The van der Waals surface area contributed by atoms with Gasteiger partial charge in [0.1, 0.15) is 0 Å². The number of hydrogen-bond donors (Lipinski definition) is 0. The van der Waals surface area contributed by atoms with Gasteiger partial charge in [-0.05, 0) is 31.6 Å². The molecule has 1 amide bonds. The zero-order valence-electron chi connectivity index (χ0n) is 13.5. The summed E-state index contributed by atoms with van der Waals surface area (Å²) in [5.74, 6) is 1.24. The molecular formula is C17H24N2O3S. The second-order valence-corrected chi connectivity index (χ2v) is 7.80. The first kappa shape index (κ1) is 15.7. The highest BCUT2D eigenvalue weighted by molar-refractivity contribution is 8.04. The number of nitrogens with zero attached hydrogens (tertiary/aromatic N) is 2. The van der Waals surface area contributed by atoms with Crippen LogP contribution in [0.25, 0.3) is 0 Å². The van der Waals surface area contributed by atoms with Crippen LogP contribution in [0.15, 0.2) is 16.1 Å². The molecule has 3 fully saturated rings. The smallest absolute Gasteiger partial charge is 0.261 e. The first-order valence-corrected chi connectivity index (χ1v) is 9.71. The van der Waals surface area contributed by atoms with Crippen LogP contribution in [0.2, 0.25) is 0 Å². The van der Waals surface area contributed by atoms with Crippen LogP contribution in [-0.2, 0) is 14.3 Å². The Morgan fingerprint density at radius 3 is 2.52 bits per heavy atom. The number of likely N-dealkylation sites (tertiary alicyclic amines) is 1. The van der Waals surface area contributed by atoms with Crippen LogP contribution in [0.1, 0.15) is 38.5 Å². The average molecular weight is 336 g/mol. The van der Waals surface area contributed by atoms with E-state index in [1.807, 2.05) is 4.90 Å². The molecule has 126 valence electrons. The van der Waals surface area contributed by atoms with E-state index in [1.54, 1.807) is 18.0 Å². The van der Waals surface area contributed by atoms with Crippen LogP contribution in [0.3, 0.4) is 0 Å². The fourth-order valence-corrected chi connectivity index (χ4v) is 4.95. The van der Waals surface area contributed by atoms with E-state index in [2.05, 4.69) is 4.99 Å². The zero-order valence-corrected chi connectivity index (χ0v) is 14.3. The maximum Gasteiger partial charge on any atom is 0.261 e. The van der Waals surface area contributed by atoms with Gasteiger partial charge in [-0.1, -0.05) is 0 Å². The Balaban J connectivity index is 1.36. The number of carbonyl (C=O) groups excluding carboxylic acids is 1. The molecule has 0 N–H and O–H groups in total. The lowest BCUT2D eigenvalue weighted by Crippen LogP contribution is -2.37. The Morgan fingerprint density at radius 1 is 1.22 bits per heavy atom. The van der Waals surface area contributed by atoms with Crippen molar-refractivity contribution in [3.8, 4) is 0 Å². The van der Waals surface area contributed by atoms with E-state index in [-0.39, 0.29) is 11.7 Å². The van der Waals surface area contributed by atoms with E-state index >= 15 is 0 Å². The number of rotatable bonds is 2. The highest BCUT2D eigenvalue weighted by Gasteiger charge is 2.41. The van der Waals surface area contributed by atoms with Gasteiger partial charge in [0.05, 0.1) is 18.1 Å². The molecular weight excluding hydrogens is 312 g/mol. The summed E-state index contributed by atoms with van der Waals surface area (Å²) in [4.78, 5) is 19.8. The Morgan fingerprint density at radius 2 is 1.91 bits per heavy atom. The molecule has 4 rings (SSSR count). The van der Waals surface area contributed by atoms with Crippen LogP contribution in [0.5, 0.6) is 0 Å². The second-order valence-electron chi connectivity index (χ2n) is 6.78. The van der Waals surface area contributed by atoms with Crippen molar-refractivity contribution in [1.82, 2.24) is 4.90 Å². The van der Waals surface area contributed by atoms with Gasteiger partial charge in [0.15, 0.2) is 5.79 Å². The van der Waals surface area contributed by atoms with E-state index in [9.17, 15) is 4.79 Å². The summed E-state index contributed by atoms with van der Waals surface area (Å²) in [5.41, 5.74) is 1.24. The lowest BCUT2D eigenvalue weighted by molar-refractivity contribution is -0.179. The van der Waals surface area contributed by atoms with Crippen molar-refractivity contribution in [3.63, 3.8) is 0 Å². The highest BCUT2D eigenvalue weighted by atomic mass is 32.2. The van der Waals surface area contributed by atoms with Crippen LogP contribution < -0.4 is 0 Å². The van der Waals surface area contributed by atoms with E-state index in [1.165, 1.54) is 5.71 Å². The third-order valence-electron chi connectivity index (χ3n) is 5.36. The summed E-state index contributed by atoms with van der Waals surface area (Å²) in [6, 6.07) is 0. The molecule has 1 spiro atoms. The number of hydrogen-bond acceptors (Lipinski definition) is 5. The largest absolute Gasteiger partial charge is 0.348 e. The first-order valence-electron chi connectivity index (χ1n) is 8.72. The van der Waals surface area contributed by atoms with Crippen molar-refractivity contribution in [2.45, 2.75) is 44.3 Å². The minimum atomic E-state index is -0.300. The first-order chi connectivity index (χ1) is 11.3. The maximum atomic E-state index is 12.4. The molecule has 3 heterocycles. The predicted octanol–water partition coefficient (Wildman–Crippen LogP) is 2.57. The summed E-state index contributed by atoms with van der Waals surface area (Å²) in [5, 5.41) is 0. The number of aliphatic imine (C=N–C) groups is 1. The third kappa shape index (κ3) is 3.21. The topological polar surface area (TPSA) is 51.1 Å². The SMILES string of the molecule is O=C(C1=CN=C(C2CCC3(CC2)OCCO3)CS1)N1CCCC1. The minimum Gasteiger partial charge on any atom is -0.348 e. The summed E-state index contributed by atoms with van der Waals surface area (Å²) in [6.07, 6.45) is 8.13. The molecule has 2 saturated heterocycles. The fraction of sp³-hybridized carbons (Fsp3) is 0.765. The highest BCUT2D eigenvalue weighted by Crippen LogP contribution is 2.40. The van der Waals surface area contributed by atoms with Crippen molar-refractivity contribution in [3.05, 3.63) is 11.1 Å². The van der Waals surface area contributed by atoms with Crippen molar-refractivity contribution < 1.29 is 14.3 Å². The van der Waals surface area contributed by atoms with Gasteiger partial charge in [-0.15, -0.1) is 11.8 Å². The van der Waals surface area contributed by atoms with Crippen molar-refractivity contribution in [2.75, 3.05) is 32.1 Å². The molecule has 0 bridgehead atoms. The molecule has 0 atom stereocenters. The van der Waals surface area contributed by atoms with E-state index in [0.29, 0.717) is 5.92 Å². The van der Waals surface area contributed by atoms with E-state index < -0.39 is 0 Å². The molecule has 0 radical (unpaired) electrons. The van der Waals surface area contributed by atoms with Gasteiger partial charge >= 0.3 is 0 Å². The van der Waals surface area contributed by atoms with Crippen LogP contribution in [0.4, 0.5) is 0 Å². The van der Waals surface area contributed by atoms with Crippen molar-refractivity contribution in [1.29, 1.82) is 0 Å². The molecule has 1 aliphatic carbocycles. The summed E-state index contributed by atoms with van der Waals surface area (Å²) in [6.45, 7) is 3.26. The minimum absolute atomic E-state index is 0.172. The van der Waals surface area contributed by atoms with E-state index in [0.717, 1.165) is 75.5 Å². The monoisotopic (exact) mass is 336 g/mol. The summed E-state index contributed by atoms with van der Waals surface area (Å²) in [7, 11) is 0. The molecule has 23 heavy (non-hydrogen) atoms. The van der Waals surface area contributed by atoms with Crippen molar-refractivity contribution >= 4 is 23.4 Å². The van der Waals surface area contributed by atoms with Crippen molar-refractivity contribution in [2.24, 2.45) is 10.9 Å². The molecule has 0 aromatic rings. The van der Waals surface area contributed by atoms with Crippen LogP contribution >= 0.6 is 11.8 Å². The van der Waals surface area contributed by atoms with Gasteiger partial charge < -0.3 is 14.4 Å². The average Bonchev–Trinajstić information content (AvgIpc) is 3.28. The Bertz CT molecular complexity index is 524. The Labute approximate surface area is 141 Å². The molecule has 5 nitrogen and oxygen atoms in total. The van der Waals surface area contributed by atoms with Gasteiger partial charge in [-0.2, -0.15) is 0 Å². The lowest BCUT2D eigenvalue weighted by atomic mass is 9.82. The van der Waals surface area contributed by atoms with Gasteiger partial charge in [0.2, 0.25) is 0 Å². The van der Waals surface area contributed by atoms with E-state index in [4.69, 9.17) is 9.47 Å². The van der Waals surface area contributed by atoms with Gasteiger partial charge in [-0.3, -0.25) is 9.79 Å². The Hall–Kier alpha value is -0.850. The molecule has 1 saturated carbocycles. The molecule has 6 heteroatoms. The van der Waals surface area contributed by atoms with Crippen LogP contribution in [0, 0.1) is 5.92 Å². The molecule has 0 aromatic carbocycles. The third-order valence-corrected chi connectivity index (χ3v) is 6.39. The molecule has 4 aliphatic rings. The number of thioether (sulfide) groups is 1. The summed E-state index contributed by atoms with van der Waals surface area (Å²) < 4.78 is 11.6. The summed E-state index contributed by atoms with van der Waals surface area (Å²) >= 11 is 1.66. The maximum absolute atomic E-state index is 12.4.